The Labute approximate surface area is 127 Å². The van der Waals surface area contributed by atoms with E-state index in [2.05, 4.69) is 26.8 Å². The zero-order chi connectivity index (χ0) is 16.2. The molecule has 1 aliphatic carbocycles. The van der Waals surface area contributed by atoms with E-state index in [4.69, 9.17) is 4.74 Å². The van der Waals surface area contributed by atoms with Crippen molar-refractivity contribution in [3.8, 4) is 0 Å². The molecule has 0 bridgehead atoms. The monoisotopic (exact) mass is 296 g/mol. The Bertz CT molecular complexity index is 423. The molecule has 1 aliphatic rings. The van der Waals surface area contributed by atoms with Gasteiger partial charge in [0.15, 0.2) is 0 Å². The fraction of sp³-hybridized carbons (Fsp3) is 0.765. The Balaban J connectivity index is 2.49. The number of aliphatic hydroxyl groups excluding tert-OH is 1. The average Bonchev–Trinajstić information content (AvgIpc) is 2.64. The van der Waals surface area contributed by atoms with Crippen LogP contribution in [0.3, 0.4) is 0 Å². The molecule has 0 heterocycles. The Kier molecular flexibility index (Phi) is 6.14. The van der Waals surface area contributed by atoms with Gasteiger partial charge in [0.05, 0.1) is 12.7 Å². The van der Waals surface area contributed by atoms with Crippen LogP contribution in [0.1, 0.15) is 53.9 Å². The van der Waals surface area contributed by atoms with E-state index >= 15 is 0 Å². The third-order valence-electron chi connectivity index (χ3n) is 4.86. The molecule has 0 aromatic heterocycles. The highest BCUT2D eigenvalue weighted by Crippen LogP contribution is 2.45. The molecule has 0 radical (unpaired) electrons. The van der Waals surface area contributed by atoms with Crippen molar-refractivity contribution in [2.45, 2.75) is 60.0 Å². The highest BCUT2D eigenvalue weighted by molar-refractivity contribution is 5.98. The quantitative estimate of drug-likeness (QED) is 0.446. The van der Waals surface area contributed by atoms with Gasteiger partial charge < -0.3 is 9.84 Å². The number of esters is 1. The zero-order valence-corrected chi connectivity index (χ0v) is 13.8. The van der Waals surface area contributed by atoms with Crippen LogP contribution in [-0.4, -0.2) is 29.6 Å². The standard InChI is InChI=1S/C17H28O4/c1-6-21-16(20)12(3)15(19)10-14(18)9-13-8-7-11(2)17(13,4)5/h7,12-14,18H,6,8-10H2,1-5H3/t12-,13-,14-/m1/s1. The molecule has 0 saturated heterocycles. The lowest BCUT2D eigenvalue weighted by Gasteiger charge is -2.31. The molecule has 21 heavy (non-hydrogen) atoms. The van der Waals surface area contributed by atoms with Gasteiger partial charge in [0.1, 0.15) is 11.7 Å². The maximum absolute atomic E-state index is 12.0. The molecule has 3 atom stereocenters. The SMILES string of the molecule is CCOC(=O)[C@H](C)C(=O)C[C@H](O)C[C@H]1CC=C(C)C1(C)C. The summed E-state index contributed by atoms with van der Waals surface area (Å²) in [6.07, 6.45) is 3.06. The van der Waals surface area contributed by atoms with E-state index in [1.54, 1.807) is 6.92 Å². The van der Waals surface area contributed by atoms with Gasteiger partial charge in [0.2, 0.25) is 0 Å². The number of rotatable bonds is 7. The lowest BCUT2D eigenvalue weighted by molar-refractivity contribution is -0.151. The lowest BCUT2D eigenvalue weighted by atomic mass is 9.75. The molecule has 4 heteroatoms. The number of carbonyl (C=O) groups excluding carboxylic acids is 2. The molecule has 0 aliphatic heterocycles. The van der Waals surface area contributed by atoms with Crippen LogP contribution in [0.25, 0.3) is 0 Å². The second-order valence-electron chi connectivity index (χ2n) is 6.58. The molecule has 4 nitrogen and oxygen atoms in total. The van der Waals surface area contributed by atoms with E-state index in [1.165, 1.54) is 12.5 Å². The Morgan fingerprint density at radius 3 is 2.57 bits per heavy atom. The summed E-state index contributed by atoms with van der Waals surface area (Å²) in [5.41, 5.74) is 1.41. The second kappa shape index (κ2) is 7.21. The number of allylic oxidation sites excluding steroid dienone is 2. The van der Waals surface area contributed by atoms with Gasteiger partial charge in [-0.05, 0) is 44.9 Å². The molecule has 120 valence electrons. The summed E-state index contributed by atoms with van der Waals surface area (Å²) in [5.74, 6) is -1.20. The fourth-order valence-electron chi connectivity index (χ4n) is 2.81. The summed E-state index contributed by atoms with van der Waals surface area (Å²) < 4.78 is 4.84. The van der Waals surface area contributed by atoms with Crippen LogP contribution in [0.2, 0.25) is 0 Å². The van der Waals surface area contributed by atoms with E-state index in [0.717, 1.165) is 6.42 Å². The van der Waals surface area contributed by atoms with Crippen LogP contribution in [0, 0.1) is 17.3 Å². The zero-order valence-electron chi connectivity index (χ0n) is 13.8. The van der Waals surface area contributed by atoms with Crippen LogP contribution in [-0.2, 0) is 14.3 Å². The van der Waals surface area contributed by atoms with Gasteiger partial charge in [-0.2, -0.15) is 0 Å². The highest BCUT2D eigenvalue weighted by atomic mass is 16.5. The van der Waals surface area contributed by atoms with E-state index < -0.39 is 18.0 Å². The van der Waals surface area contributed by atoms with Crippen molar-refractivity contribution in [3.63, 3.8) is 0 Å². The molecule has 0 amide bonds. The van der Waals surface area contributed by atoms with Crippen molar-refractivity contribution in [1.82, 2.24) is 0 Å². The third kappa shape index (κ3) is 4.40. The lowest BCUT2D eigenvalue weighted by Crippen LogP contribution is -2.30. The number of carbonyl (C=O) groups is 2. The summed E-state index contributed by atoms with van der Waals surface area (Å²) in [6.45, 7) is 9.97. The minimum Gasteiger partial charge on any atom is -0.465 e. The third-order valence-corrected chi connectivity index (χ3v) is 4.86. The largest absolute Gasteiger partial charge is 0.465 e. The van der Waals surface area contributed by atoms with Gasteiger partial charge in [-0.15, -0.1) is 0 Å². The summed E-state index contributed by atoms with van der Waals surface area (Å²) in [4.78, 5) is 23.5. The van der Waals surface area contributed by atoms with Gasteiger partial charge in [0.25, 0.3) is 0 Å². The number of aliphatic hydroxyl groups is 1. The van der Waals surface area contributed by atoms with Crippen molar-refractivity contribution in [2.24, 2.45) is 17.3 Å². The minimum atomic E-state index is -0.795. The second-order valence-corrected chi connectivity index (χ2v) is 6.58. The van der Waals surface area contributed by atoms with Gasteiger partial charge in [-0.25, -0.2) is 0 Å². The number of Topliss-reactive ketones (excluding diaryl/α,β-unsaturated/α-hetero) is 1. The molecule has 0 fully saturated rings. The van der Waals surface area contributed by atoms with Crippen molar-refractivity contribution < 1.29 is 19.4 Å². The van der Waals surface area contributed by atoms with Crippen LogP contribution in [0.5, 0.6) is 0 Å². The van der Waals surface area contributed by atoms with Crippen molar-refractivity contribution >= 4 is 11.8 Å². The summed E-state index contributed by atoms with van der Waals surface area (Å²) in [5, 5.41) is 10.2. The van der Waals surface area contributed by atoms with Gasteiger partial charge in [-0.1, -0.05) is 25.5 Å². The first kappa shape index (κ1) is 17.9. The first-order valence-electron chi connectivity index (χ1n) is 7.74. The normalized spacial score (nSPS) is 23.3. The van der Waals surface area contributed by atoms with Crippen LogP contribution in [0.4, 0.5) is 0 Å². The molecule has 1 N–H and O–H groups in total. The molecule has 0 unspecified atom stereocenters. The van der Waals surface area contributed by atoms with Crippen LogP contribution < -0.4 is 0 Å². The highest BCUT2D eigenvalue weighted by Gasteiger charge is 2.36. The van der Waals surface area contributed by atoms with Crippen LogP contribution >= 0.6 is 0 Å². The molecular weight excluding hydrogens is 268 g/mol. The van der Waals surface area contributed by atoms with Gasteiger partial charge >= 0.3 is 5.97 Å². The van der Waals surface area contributed by atoms with E-state index in [9.17, 15) is 14.7 Å². The Morgan fingerprint density at radius 2 is 2.10 bits per heavy atom. The van der Waals surface area contributed by atoms with Crippen molar-refractivity contribution in [1.29, 1.82) is 0 Å². The number of ketones is 1. The predicted octanol–water partition coefficient (Wildman–Crippen LogP) is 2.89. The van der Waals surface area contributed by atoms with E-state index in [-0.39, 0.29) is 24.2 Å². The smallest absolute Gasteiger partial charge is 0.316 e. The summed E-state index contributed by atoms with van der Waals surface area (Å²) in [6, 6.07) is 0. The summed E-state index contributed by atoms with van der Waals surface area (Å²) >= 11 is 0. The molecule has 1 rings (SSSR count). The maximum Gasteiger partial charge on any atom is 0.316 e. The number of hydrogen-bond donors (Lipinski definition) is 1. The average molecular weight is 296 g/mol. The Morgan fingerprint density at radius 1 is 1.48 bits per heavy atom. The molecule has 0 aromatic carbocycles. The van der Waals surface area contributed by atoms with E-state index in [1.807, 2.05) is 0 Å². The molecule has 0 aromatic rings. The topological polar surface area (TPSA) is 63.6 Å². The van der Waals surface area contributed by atoms with E-state index in [0.29, 0.717) is 12.3 Å². The fourth-order valence-corrected chi connectivity index (χ4v) is 2.81. The molecule has 0 spiro atoms. The van der Waals surface area contributed by atoms with Crippen molar-refractivity contribution in [2.75, 3.05) is 6.61 Å². The maximum atomic E-state index is 12.0. The van der Waals surface area contributed by atoms with Gasteiger partial charge in [0, 0.05) is 6.42 Å². The van der Waals surface area contributed by atoms with Crippen LogP contribution in [0.15, 0.2) is 11.6 Å². The van der Waals surface area contributed by atoms with Gasteiger partial charge in [-0.3, -0.25) is 9.59 Å². The molecule has 0 saturated carbocycles. The summed E-state index contributed by atoms with van der Waals surface area (Å²) in [7, 11) is 0. The first-order chi connectivity index (χ1) is 9.70. The van der Waals surface area contributed by atoms with Crippen molar-refractivity contribution in [3.05, 3.63) is 11.6 Å². The first-order valence-corrected chi connectivity index (χ1v) is 7.74. The number of ether oxygens (including phenoxy) is 1. The Hall–Kier alpha value is -1.16. The number of hydrogen-bond acceptors (Lipinski definition) is 4. The predicted molar refractivity (Wildman–Crippen MR) is 81.7 cm³/mol. The molecular formula is C17H28O4. The minimum absolute atomic E-state index is 0.0195.